The van der Waals surface area contributed by atoms with Gasteiger partial charge < -0.3 is 9.73 Å². The molecule has 2 aromatic heterocycles. The summed E-state index contributed by atoms with van der Waals surface area (Å²) in [4.78, 5) is 20.0. The van der Waals surface area contributed by atoms with Gasteiger partial charge in [-0.25, -0.2) is 4.98 Å². The number of carbonyl (C=O) groups excluding carboxylic acids is 1. The zero-order valence-electron chi connectivity index (χ0n) is 11.1. The van der Waals surface area contributed by atoms with Crippen molar-refractivity contribution < 1.29 is 9.21 Å². The molecule has 0 atom stereocenters. The molecule has 19 heavy (non-hydrogen) atoms. The van der Waals surface area contributed by atoms with E-state index in [0.717, 1.165) is 12.0 Å². The van der Waals surface area contributed by atoms with Gasteiger partial charge in [0.1, 0.15) is 5.76 Å². The number of nitrogens with one attached hydrogen (secondary N) is 1. The fourth-order valence-corrected chi connectivity index (χ4v) is 1.68. The van der Waals surface area contributed by atoms with Crippen LogP contribution in [0.1, 0.15) is 24.8 Å². The van der Waals surface area contributed by atoms with Crippen molar-refractivity contribution in [2.24, 2.45) is 0 Å². The molecule has 0 saturated heterocycles. The molecule has 0 radical (unpaired) electrons. The van der Waals surface area contributed by atoms with Crippen LogP contribution in [0.15, 0.2) is 28.9 Å². The van der Waals surface area contributed by atoms with Crippen molar-refractivity contribution >= 4 is 5.91 Å². The van der Waals surface area contributed by atoms with E-state index in [1.807, 2.05) is 26.0 Å². The van der Waals surface area contributed by atoms with Crippen LogP contribution in [0.3, 0.4) is 0 Å². The van der Waals surface area contributed by atoms with Crippen LogP contribution in [0.4, 0.5) is 0 Å². The molecular weight excluding hydrogens is 242 g/mol. The first-order valence-electron chi connectivity index (χ1n) is 6.34. The highest BCUT2D eigenvalue weighted by Crippen LogP contribution is 2.20. The second-order valence-electron chi connectivity index (χ2n) is 4.29. The van der Waals surface area contributed by atoms with Crippen LogP contribution in [-0.4, -0.2) is 22.4 Å². The zero-order valence-corrected chi connectivity index (χ0v) is 11.1. The van der Waals surface area contributed by atoms with Crippen molar-refractivity contribution in [3.8, 4) is 11.5 Å². The summed E-state index contributed by atoms with van der Waals surface area (Å²) in [6, 6.07) is 3.70. The van der Waals surface area contributed by atoms with Gasteiger partial charge in [-0.05, 0) is 25.5 Å². The molecular formula is C14H17N3O2. The van der Waals surface area contributed by atoms with E-state index in [4.69, 9.17) is 4.42 Å². The van der Waals surface area contributed by atoms with Gasteiger partial charge in [0.05, 0.1) is 17.7 Å². The molecule has 0 saturated carbocycles. The van der Waals surface area contributed by atoms with Crippen molar-refractivity contribution in [3.63, 3.8) is 0 Å². The molecule has 100 valence electrons. The van der Waals surface area contributed by atoms with Gasteiger partial charge in [0.15, 0.2) is 0 Å². The van der Waals surface area contributed by atoms with E-state index in [0.29, 0.717) is 23.9 Å². The maximum Gasteiger partial charge on any atom is 0.228 e. The van der Waals surface area contributed by atoms with Gasteiger partial charge in [-0.3, -0.25) is 9.78 Å². The minimum atomic E-state index is -0.0315. The van der Waals surface area contributed by atoms with Crippen LogP contribution < -0.4 is 5.32 Å². The molecule has 0 unspecified atom stereocenters. The largest absolute Gasteiger partial charge is 0.441 e. The van der Waals surface area contributed by atoms with Gasteiger partial charge in [-0.1, -0.05) is 6.92 Å². The Bertz CT molecular complexity index is 549. The number of aromatic nitrogens is 2. The van der Waals surface area contributed by atoms with Crippen molar-refractivity contribution in [2.75, 3.05) is 6.54 Å². The molecule has 1 amide bonds. The molecule has 0 bridgehead atoms. The summed E-state index contributed by atoms with van der Waals surface area (Å²) in [5.41, 5.74) is 1.48. The highest BCUT2D eigenvalue weighted by molar-refractivity contribution is 5.78. The highest BCUT2D eigenvalue weighted by atomic mass is 16.4. The summed E-state index contributed by atoms with van der Waals surface area (Å²) in [5, 5.41) is 2.82. The molecule has 0 spiro atoms. The fraction of sp³-hybridized carbons (Fsp3) is 0.357. The Morgan fingerprint density at radius 1 is 1.47 bits per heavy atom. The Labute approximate surface area is 112 Å². The molecule has 2 aromatic rings. The number of amides is 1. The van der Waals surface area contributed by atoms with Crippen molar-refractivity contribution in [2.45, 2.75) is 26.7 Å². The summed E-state index contributed by atoms with van der Waals surface area (Å²) in [7, 11) is 0. The summed E-state index contributed by atoms with van der Waals surface area (Å²) < 4.78 is 5.57. The van der Waals surface area contributed by atoms with Crippen LogP contribution in [0.5, 0.6) is 0 Å². The minimum absolute atomic E-state index is 0.0315. The minimum Gasteiger partial charge on any atom is -0.441 e. The van der Waals surface area contributed by atoms with Crippen LogP contribution >= 0.6 is 0 Å². The normalized spacial score (nSPS) is 10.4. The Hall–Kier alpha value is -2.17. The molecule has 2 rings (SSSR count). The number of rotatable bonds is 5. The Morgan fingerprint density at radius 2 is 2.32 bits per heavy atom. The molecule has 0 aliphatic rings. The van der Waals surface area contributed by atoms with E-state index in [1.54, 1.807) is 12.4 Å². The smallest absolute Gasteiger partial charge is 0.228 e. The van der Waals surface area contributed by atoms with E-state index >= 15 is 0 Å². The number of nitrogens with zero attached hydrogens (tertiary/aromatic N) is 2. The number of carbonyl (C=O) groups is 1. The number of oxazole rings is 1. The summed E-state index contributed by atoms with van der Waals surface area (Å²) in [5.74, 6) is 1.14. The number of hydrogen-bond donors (Lipinski definition) is 1. The Morgan fingerprint density at radius 3 is 3.00 bits per heavy atom. The first kappa shape index (κ1) is 13.3. The van der Waals surface area contributed by atoms with Gasteiger partial charge in [0.25, 0.3) is 0 Å². The van der Waals surface area contributed by atoms with Crippen LogP contribution in [0.25, 0.3) is 11.5 Å². The monoisotopic (exact) mass is 259 g/mol. The Kier molecular flexibility index (Phi) is 4.28. The van der Waals surface area contributed by atoms with E-state index in [9.17, 15) is 4.79 Å². The van der Waals surface area contributed by atoms with Crippen molar-refractivity contribution in [1.29, 1.82) is 0 Å². The lowest BCUT2D eigenvalue weighted by molar-refractivity contribution is -0.120. The third-order valence-corrected chi connectivity index (χ3v) is 2.70. The molecule has 0 aromatic carbocycles. The SMILES string of the molecule is CCCNC(=O)Cc1nc(-c2cccnc2)oc1C. The summed E-state index contributed by atoms with van der Waals surface area (Å²) in [6.45, 7) is 4.52. The van der Waals surface area contributed by atoms with E-state index in [-0.39, 0.29) is 12.3 Å². The molecule has 0 aliphatic carbocycles. The average molecular weight is 259 g/mol. The highest BCUT2D eigenvalue weighted by Gasteiger charge is 2.14. The van der Waals surface area contributed by atoms with Gasteiger partial charge in [-0.15, -0.1) is 0 Å². The van der Waals surface area contributed by atoms with Gasteiger partial charge in [0.2, 0.25) is 11.8 Å². The quantitative estimate of drug-likeness (QED) is 0.893. The predicted octanol–water partition coefficient (Wildman–Crippen LogP) is 2.11. The third kappa shape index (κ3) is 3.40. The first-order valence-corrected chi connectivity index (χ1v) is 6.34. The third-order valence-electron chi connectivity index (χ3n) is 2.70. The zero-order chi connectivity index (χ0) is 13.7. The Balaban J connectivity index is 2.11. The van der Waals surface area contributed by atoms with Crippen molar-refractivity contribution in [3.05, 3.63) is 36.0 Å². The molecule has 0 fully saturated rings. The lowest BCUT2D eigenvalue weighted by atomic mass is 10.2. The second kappa shape index (κ2) is 6.13. The first-order chi connectivity index (χ1) is 9.20. The second-order valence-corrected chi connectivity index (χ2v) is 4.29. The maximum atomic E-state index is 11.7. The van der Waals surface area contributed by atoms with E-state index in [2.05, 4.69) is 15.3 Å². The van der Waals surface area contributed by atoms with E-state index < -0.39 is 0 Å². The number of hydrogen-bond acceptors (Lipinski definition) is 4. The van der Waals surface area contributed by atoms with E-state index in [1.165, 1.54) is 0 Å². The number of aryl methyl sites for hydroxylation is 1. The van der Waals surface area contributed by atoms with Crippen LogP contribution in [-0.2, 0) is 11.2 Å². The lowest BCUT2D eigenvalue weighted by Gasteiger charge is -2.00. The van der Waals surface area contributed by atoms with Gasteiger partial charge >= 0.3 is 0 Å². The predicted molar refractivity (Wildman–Crippen MR) is 71.5 cm³/mol. The maximum absolute atomic E-state index is 11.7. The molecule has 1 N–H and O–H groups in total. The molecule has 5 heteroatoms. The topological polar surface area (TPSA) is 68.0 Å². The standard InChI is InChI=1S/C14H17N3O2/c1-3-6-16-13(18)8-12-10(2)19-14(17-12)11-5-4-7-15-9-11/h4-5,7,9H,3,6,8H2,1-2H3,(H,16,18). The van der Waals surface area contributed by atoms with Crippen LogP contribution in [0.2, 0.25) is 0 Å². The number of pyridine rings is 1. The van der Waals surface area contributed by atoms with Gasteiger partial charge in [0, 0.05) is 18.9 Å². The summed E-state index contributed by atoms with van der Waals surface area (Å²) in [6.07, 6.45) is 4.55. The molecule has 2 heterocycles. The van der Waals surface area contributed by atoms with Crippen molar-refractivity contribution in [1.82, 2.24) is 15.3 Å². The van der Waals surface area contributed by atoms with Crippen LogP contribution in [0, 0.1) is 6.92 Å². The van der Waals surface area contributed by atoms with Gasteiger partial charge in [-0.2, -0.15) is 0 Å². The fourth-order valence-electron chi connectivity index (χ4n) is 1.68. The summed E-state index contributed by atoms with van der Waals surface area (Å²) >= 11 is 0. The molecule has 5 nitrogen and oxygen atoms in total. The molecule has 0 aliphatic heterocycles. The average Bonchev–Trinajstić information content (AvgIpc) is 2.79. The lowest BCUT2D eigenvalue weighted by Crippen LogP contribution is -2.26.